The van der Waals surface area contributed by atoms with Gasteiger partial charge in [0.25, 0.3) is 0 Å². The van der Waals surface area contributed by atoms with Crippen LogP contribution in [0.5, 0.6) is 17.2 Å². The van der Waals surface area contributed by atoms with Gasteiger partial charge in [-0.25, -0.2) is 9.78 Å². The third-order valence-corrected chi connectivity index (χ3v) is 5.82. The smallest absolute Gasteiger partial charge is 0.322 e. The van der Waals surface area contributed by atoms with Crippen molar-refractivity contribution in [3.05, 3.63) is 72.4 Å². The van der Waals surface area contributed by atoms with Gasteiger partial charge in [-0.05, 0) is 43.2 Å². The molecule has 0 atom stereocenters. The molecular formula is C28H36N4O4. The van der Waals surface area contributed by atoms with Crippen molar-refractivity contribution in [2.24, 2.45) is 0 Å². The Labute approximate surface area is 213 Å². The van der Waals surface area contributed by atoms with E-state index in [2.05, 4.69) is 15.6 Å². The molecule has 8 nitrogen and oxygen atoms in total. The van der Waals surface area contributed by atoms with E-state index in [0.717, 1.165) is 49.4 Å². The summed E-state index contributed by atoms with van der Waals surface area (Å²) in [6, 6.07) is 18.7. The maximum atomic E-state index is 13.3. The number of pyridine rings is 1. The maximum absolute atomic E-state index is 13.3. The normalized spacial score (nSPS) is 10.4. The molecule has 3 aromatic rings. The van der Waals surface area contributed by atoms with Crippen molar-refractivity contribution in [1.29, 1.82) is 0 Å². The number of rotatable bonds is 14. The molecule has 8 heteroatoms. The summed E-state index contributed by atoms with van der Waals surface area (Å²) in [5.41, 5.74) is 1.55. The van der Waals surface area contributed by atoms with E-state index in [4.69, 9.17) is 14.2 Å². The quantitative estimate of drug-likeness (QED) is 0.276. The summed E-state index contributed by atoms with van der Waals surface area (Å²) < 4.78 is 16.2. The van der Waals surface area contributed by atoms with Gasteiger partial charge in [-0.3, -0.25) is 0 Å². The van der Waals surface area contributed by atoms with Crippen LogP contribution in [0.2, 0.25) is 0 Å². The molecule has 0 fully saturated rings. The fraction of sp³-hybridized carbons (Fsp3) is 0.357. The molecule has 1 aromatic heterocycles. The molecule has 0 aliphatic rings. The summed E-state index contributed by atoms with van der Waals surface area (Å²) >= 11 is 0. The van der Waals surface area contributed by atoms with E-state index < -0.39 is 0 Å². The van der Waals surface area contributed by atoms with Gasteiger partial charge in [0.1, 0.15) is 23.1 Å². The number of aromatic nitrogens is 1. The highest BCUT2D eigenvalue weighted by Crippen LogP contribution is 2.29. The Bertz CT molecular complexity index is 1080. The Kier molecular flexibility index (Phi) is 10.7. The van der Waals surface area contributed by atoms with Gasteiger partial charge in [0.2, 0.25) is 0 Å². The van der Waals surface area contributed by atoms with Crippen molar-refractivity contribution in [1.82, 2.24) is 9.88 Å². The Balaban J connectivity index is 1.58. The van der Waals surface area contributed by atoms with Crippen molar-refractivity contribution < 1.29 is 19.0 Å². The summed E-state index contributed by atoms with van der Waals surface area (Å²) in [5.74, 6) is 2.86. The van der Waals surface area contributed by atoms with Crippen molar-refractivity contribution in [2.45, 2.75) is 32.2 Å². The number of para-hydroxylation sites is 1. The van der Waals surface area contributed by atoms with Gasteiger partial charge in [0.05, 0.1) is 33.6 Å². The van der Waals surface area contributed by atoms with E-state index in [0.29, 0.717) is 30.3 Å². The van der Waals surface area contributed by atoms with Crippen LogP contribution in [0.3, 0.4) is 0 Å². The highest BCUT2D eigenvalue weighted by atomic mass is 16.5. The lowest BCUT2D eigenvalue weighted by Crippen LogP contribution is -2.35. The van der Waals surface area contributed by atoms with Gasteiger partial charge in [0, 0.05) is 30.9 Å². The lowest BCUT2D eigenvalue weighted by molar-refractivity contribution is 0.207. The Morgan fingerprint density at radius 2 is 1.64 bits per heavy atom. The van der Waals surface area contributed by atoms with Crippen LogP contribution in [0.25, 0.3) is 0 Å². The molecule has 0 saturated heterocycles. The Morgan fingerprint density at radius 1 is 0.861 bits per heavy atom. The van der Waals surface area contributed by atoms with Crippen LogP contribution < -0.4 is 24.8 Å². The molecule has 2 amide bonds. The summed E-state index contributed by atoms with van der Waals surface area (Å²) in [6.07, 6.45) is 5.80. The summed E-state index contributed by atoms with van der Waals surface area (Å²) in [4.78, 5) is 19.4. The van der Waals surface area contributed by atoms with E-state index in [1.165, 1.54) is 0 Å². The number of carbonyl (C=O) groups is 1. The molecule has 36 heavy (non-hydrogen) atoms. The number of urea groups is 1. The van der Waals surface area contributed by atoms with Gasteiger partial charge >= 0.3 is 6.03 Å². The fourth-order valence-corrected chi connectivity index (χ4v) is 3.85. The average Bonchev–Trinajstić information content (AvgIpc) is 2.92. The van der Waals surface area contributed by atoms with Crippen LogP contribution in [-0.2, 0) is 6.54 Å². The number of unbranched alkanes of at least 4 members (excludes halogenated alkanes) is 3. The van der Waals surface area contributed by atoms with Crippen LogP contribution in [0.4, 0.5) is 16.3 Å². The van der Waals surface area contributed by atoms with Gasteiger partial charge in [0.15, 0.2) is 0 Å². The van der Waals surface area contributed by atoms with Crippen LogP contribution in [0, 0.1) is 0 Å². The van der Waals surface area contributed by atoms with Gasteiger partial charge in [-0.2, -0.15) is 0 Å². The summed E-state index contributed by atoms with van der Waals surface area (Å²) in [5, 5.41) is 6.33. The highest BCUT2D eigenvalue weighted by Gasteiger charge is 2.18. The minimum atomic E-state index is -0.193. The zero-order valence-electron chi connectivity index (χ0n) is 21.3. The number of hydrogen-bond acceptors (Lipinski definition) is 6. The van der Waals surface area contributed by atoms with Crippen LogP contribution >= 0.6 is 0 Å². The highest BCUT2D eigenvalue weighted by molar-refractivity contribution is 5.91. The maximum Gasteiger partial charge on any atom is 0.322 e. The molecule has 2 aromatic carbocycles. The molecule has 0 bridgehead atoms. The number of benzene rings is 2. The summed E-state index contributed by atoms with van der Waals surface area (Å²) in [7, 11) is 4.81. The zero-order valence-corrected chi connectivity index (χ0v) is 21.3. The number of nitrogens with zero attached hydrogens (tertiary/aromatic N) is 2. The third-order valence-electron chi connectivity index (χ3n) is 5.82. The predicted molar refractivity (Wildman–Crippen MR) is 143 cm³/mol. The molecule has 2 N–H and O–H groups in total. The zero-order chi connectivity index (χ0) is 25.6. The average molecular weight is 493 g/mol. The molecule has 192 valence electrons. The van der Waals surface area contributed by atoms with Gasteiger partial charge in [-0.1, -0.05) is 37.1 Å². The topological polar surface area (TPSA) is 85.0 Å². The molecule has 0 saturated carbocycles. The number of carbonyl (C=O) groups excluding carboxylic acids is 1. The molecule has 1 heterocycles. The van der Waals surface area contributed by atoms with Crippen LogP contribution in [0.15, 0.2) is 66.9 Å². The molecule has 3 rings (SSSR count). The van der Waals surface area contributed by atoms with E-state index in [-0.39, 0.29) is 6.03 Å². The first kappa shape index (κ1) is 26.7. The molecule has 0 aliphatic heterocycles. The van der Waals surface area contributed by atoms with Crippen molar-refractivity contribution in [2.75, 3.05) is 45.1 Å². The SMILES string of the molecule is COc1ccc(NC(=O)N(CCCCCCNc2ccccn2)Cc2ccccc2OC)c(OC)c1. The second-order valence-corrected chi connectivity index (χ2v) is 8.29. The second kappa shape index (κ2) is 14.5. The molecule has 0 radical (unpaired) electrons. The first-order chi connectivity index (χ1) is 17.6. The Hall–Kier alpha value is -3.94. The molecule has 0 unspecified atom stereocenters. The van der Waals surface area contributed by atoms with Crippen LogP contribution in [-0.4, -0.2) is 50.3 Å². The number of methoxy groups -OCH3 is 3. The lowest BCUT2D eigenvalue weighted by atomic mass is 10.1. The monoisotopic (exact) mass is 492 g/mol. The number of ether oxygens (including phenoxy) is 3. The molecular weight excluding hydrogens is 456 g/mol. The first-order valence-electron chi connectivity index (χ1n) is 12.2. The minimum absolute atomic E-state index is 0.193. The van der Waals surface area contributed by atoms with E-state index >= 15 is 0 Å². The van der Waals surface area contributed by atoms with Gasteiger partial charge in [-0.15, -0.1) is 0 Å². The van der Waals surface area contributed by atoms with E-state index in [1.54, 1.807) is 45.7 Å². The number of anilines is 2. The van der Waals surface area contributed by atoms with Gasteiger partial charge < -0.3 is 29.7 Å². The summed E-state index contributed by atoms with van der Waals surface area (Å²) in [6.45, 7) is 1.94. The Morgan fingerprint density at radius 3 is 2.39 bits per heavy atom. The van der Waals surface area contributed by atoms with Crippen molar-refractivity contribution in [3.8, 4) is 17.2 Å². The van der Waals surface area contributed by atoms with Crippen LogP contribution in [0.1, 0.15) is 31.2 Å². The van der Waals surface area contributed by atoms with E-state index in [9.17, 15) is 4.79 Å². The number of nitrogens with one attached hydrogen (secondary N) is 2. The van der Waals surface area contributed by atoms with Crippen molar-refractivity contribution >= 4 is 17.5 Å². The minimum Gasteiger partial charge on any atom is -0.497 e. The predicted octanol–water partition coefficient (Wildman–Crippen LogP) is 5.81. The number of amides is 2. The lowest BCUT2D eigenvalue weighted by Gasteiger charge is -2.25. The standard InChI is InChI=1S/C28H36N4O4/c1-34-23-15-16-24(26(20-23)36-3)31-28(33)32(21-22-12-6-7-13-25(22)35-2)19-11-5-4-9-17-29-27-14-8-10-18-30-27/h6-8,10,12-16,18,20H,4-5,9,11,17,19,21H2,1-3H3,(H,29,30)(H,31,33). The first-order valence-corrected chi connectivity index (χ1v) is 12.2. The largest absolute Gasteiger partial charge is 0.497 e. The number of hydrogen-bond donors (Lipinski definition) is 2. The molecule has 0 aliphatic carbocycles. The fourth-order valence-electron chi connectivity index (χ4n) is 3.85. The molecule has 0 spiro atoms. The van der Waals surface area contributed by atoms with E-state index in [1.807, 2.05) is 47.4 Å². The second-order valence-electron chi connectivity index (χ2n) is 8.29. The third kappa shape index (κ3) is 8.08. The van der Waals surface area contributed by atoms with Crippen molar-refractivity contribution in [3.63, 3.8) is 0 Å².